The van der Waals surface area contributed by atoms with Gasteiger partial charge in [-0.15, -0.1) is 0 Å². The van der Waals surface area contributed by atoms with Gasteiger partial charge in [0, 0.05) is 38.8 Å². The fourth-order valence-corrected chi connectivity index (χ4v) is 8.64. The van der Waals surface area contributed by atoms with E-state index in [1.165, 1.54) is 0 Å². The molecule has 16 heteroatoms. The summed E-state index contributed by atoms with van der Waals surface area (Å²) in [5, 5.41) is 2.84. The molecule has 38 heavy (non-hydrogen) atoms. The smallest absolute Gasteiger partial charge is 0.372 e. The molecule has 2 bridgehead atoms. The van der Waals surface area contributed by atoms with Gasteiger partial charge < -0.3 is 18.0 Å². The predicted octanol–water partition coefficient (Wildman–Crippen LogP) is 1.31. The summed E-state index contributed by atoms with van der Waals surface area (Å²) in [5.74, 6) is -1.08. The first-order chi connectivity index (χ1) is 18.2. The molecule has 1 N–H and O–H groups in total. The van der Waals surface area contributed by atoms with Crippen LogP contribution >= 0.6 is 7.75 Å². The molecule has 4 aliphatic heterocycles. The van der Waals surface area contributed by atoms with Crippen molar-refractivity contribution in [1.82, 2.24) is 19.1 Å². The monoisotopic (exact) mass is 580 g/mol. The predicted molar refractivity (Wildman–Crippen MR) is 136 cm³/mol. The zero-order valence-corrected chi connectivity index (χ0v) is 23.9. The van der Waals surface area contributed by atoms with Crippen LogP contribution in [0.2, 0.25) is 6.04 Å². The Labute approximate surface area is 222 Å². The van der Waals surface area contributed by atoms with Crippen LogP contribution in [0.25, 0.3) is 0 Å². The minimum absolute atomic E-state index is 0.271. The maximum Gasteiger partial charge on any atom is 0.501 e. The molecule has 4 saturated heterocycles. The van der Waals surface area contributed by atoms with E-state index in [1.807, 2.05) is 0 Å². The Morgan fingerprint density at radius 2 is 1.84 bits per heavy atom. The van der Waals surface area contributed by atoms with E-state index < -0.39 is 45.9 Å². The average Bonchev–Trinajstić information content (AvgIpc) is 3.36. The Hall–Kier alpha value is -1.26. The third-order valence-corrected chi connectivity index (χ3v) is 11.2. The van der Waals surface area contributed by atoms with Gasteiger partial charge in [-0.05, 0) is 33.1 Å². The molecule has 1 aromatic heterocycles. The van der Waals surface area contributed by atoms with E-state index in [9.17, 15) is 18.5 Å². The van der Waals surface area contributed by atoms with Crippen LogP contribution in [0.4, 0.5) is 4.39 Å². The highest BCUT2D eigenvalue weighted by Crippen LogP contribution is 2.45. The SMILES string of the molecule is CC(C)OP(=O)(NCCC[Si]12OCCN(CCO1)CCO2)OCCn1c(=O)c(F)cn([C@H]2CCCO2)c1=O. The number of rotatable bonds is 12. The lowest BCUT2D eigenvalue weighted by Crippen LogP contribution is -2.55. The van der Waals surface area contributed by atoms with E-state index in [1.54, 1.807) is 13.8 Å². The molecule has 5 heterocycles. The molecule has 1 aromatic rings. The Morgan fingerprint density at radius 1 is 1.16 bits per heavy atom. The van der Waals surface area contributed by atoms with Crippen molar-refractivity contribution in [2.75, 3.05) is 59.2 Å². The number of nitrogens with one attached hydrogen (secondary N) is 1. The molecule has 4 aliphatic rings. The standard InChI is InChI=1S/C22H38FN4O9PSi/c1-18(2)36-37(30,24-6-4-16-38-33-13-7-25(8-14-34-38)9-15-35-38)32-12-10-26-21(28)19(23)17-27(22(26)29)20-5-3-11-31-20/h17-18,20H,3-16H2,1-2H3,(H,24,30)/t20-,37?/m1/s1. The highest BCUT2D eigenvalue weighted by Gasteiger charge is 2.43. The Bertz CT molecular complexity index is 1070. The molecule has 2 atom stereocenters. The molecular formula is C22H38FN4O9PSi. The van der Waals surface area contributed by atoms with E-state index >= 15 is 0 Å². The molecule has 0 aliphatic carbocycles. The van der Waals surface area contributed by atoms with Crippen molar-refractivity contribution in [3.05, 3.63) is 32.9 Å². The van der Waals surface area contributed by atoms with E-state index in [0.29, 0.717) is 45.3 Å². The van der Waals surface area contributed by atoms with Crippen molar-refractivity contribution < 1.29 is 36.0 Å². The molecule has 0 saturated carbocycles. The van der Waals surface area contributed by atoms with Gasteiger partial charge in [0.05, 0.1) is 45.3 Å². The number of hydrogen-bond donors (Lipinski definition) is 1. The van der Waals surface area contributed by atoms with Crippen molar-refractivity contribution in [3.63, 3.8) is 0 Å². The summed E-state index contributed by atoms with van der Waals surface area (Å²) in [6.07, 6.45) is 1.63. The van der Waals surface area contributed by atoms with Gasteiger partial charge >= 0.3 is 22.2 Å². The average molecular weight is 581 g/mol. The zero-order chi connectivity index (χ0) is 27.2. The molecule has 1 unspecified atom stereocenters. The summed E-state index contributed by atoms with van der Waals surface area (Å²) >= 11 is 0. The lowest BCUT2D eigenvalue weighted by atomic mass is 10.3. The van der Waals surface area contributed by atoms with Crippen LogP contribution in [0.15, 0.2) is 15.8 Å². The Morgan fingerprint density at radius 3 is 2.45 bits per heavy atom. The summed E-state index contributed by atoms with van der Waals surface area (Å²) < 4.78 is 64.1. The van der Waals surface area contributed by atoms with E-state index in [2.05, 4.69) is 9.99 Å². The van der Waals surface area contributed by atoms with Crippen LogP contribution in [0.1, 0.15) is 39.3 Å². The summed E-state index contributed by atoms with van der Waals surface area (Å²) in [6, 6.07) is 0.545. The highest BCUT2D eigenvalue weighted by atomic mass is 31.2. The van der Waals surface area contributed by atoms with Crippen molar-refractivity contribution in [2.45, 2.75) is 58.0 Å². The fraction of sp³-hybridized carbons (Fsp3) is 0.818. The zero-order valence-electron chi connectivity index (χ0n) is 22.0. The second kappa shape index (κ2) is 13.4. The molecule has 4 fully saturated rings. The fourth-order valence-electron chi connectivity index (χ4n) is 4.60. The van der Waals surface area contributed by atoms with Gasteiger partial charge in [0.15, 0.2) is 0 Å². The maximum absolute atomic E-state index is 14.3. The number of nitrogens with zero attached hydrogens (tertiary/aromatic N) is 3. The molecular weight excluding hydrogens is 542 g/mol. The van der Waals surface area contributed by atoms with Crippen LogP contribution in [0, 0.1) is 5.82 Å². The molecule has 13 nitrogen and oxygen atoms in total. The number of hydrogen-bond acceptors (Lipinski definition) is 10. The van der Waals surface area contributed by atoms with Crippen molar-refractivity contribution in [3.8, 4) is 0 Å². The van der Waals surface area contributed by atoms with Crippen molar-refractivity contribution in [1.29, 1.82) is 0 Å². The van der Waals surface area contributed by atoms with Crippen LogP contribution in [0.5, 0.6) is 0 Å². The van der Waals surface area contributed by atoms with E-state index in [4.69, 9.17) is 27.1 Å². The summed E-state index contributed by atoms with van der Waals surface area (Å²) in [4.78, 5) is 27.4. The molecule has 5 rings (SSSR count). The van der Waals surface area contributed by atoms with Crippen LogP contribution < -0.4 is 16.3 Å². The van der Waals surface area contributed by atoms with Gasteiger partial charge in [-0.3, -0.25) is 27.9 Å². The van der Waals surface area contributed by atoms with Crippen LogP contribution in [-0.2, 0) is 38.2 Å². The summed E-state index contributed by atoms with van der Waals surface area (Å²) in [6.45, 7) is 7.70. The number of aromatic nitrogens is 2. The van der Waals surface area contributed by atoms with Crippen LogP contribution in [-0.4, -0.2) is 88.2 Å². The third kappa shape index (κ3) is 7.68. The maximum atomic E-state index is 14.3. The van der Waals surface area contributed by atoms with Gasteiger partial charge in [0.25, 0.3) is 5.56 Å². The lowest BCUT2D eigenvalue weighted by Gasteiger charge is -2.38. The molecule has 0 aromatic carbocycles. The number of ether oxygens (including phenoxy) is 1. The van der Waals surface area contributed by atoms with Crippen LogP contribution in [0.3, 0.4) is 0 Å². The first-order valence-electron chi connectivity index (χ1n) is 13.2. The van der Waals surface area contributed by atoms with Gasteiger partial charge in [-0.1, -0.05) is 0 Å². The van der Waals surface area contributed by atoms with Gasteiger partial charge in [0.1, 0.15) is 6.23 Å². The van der Waals surface area contributed by atoms with Crippen molar-refractivity contribution >= 4 is 16.6 Å². The molecule has 0 spiro atoms. The van der Waals surface area contributed by atoms with E-state index in [-0.39, 0.29) is 19.7 Å². The van der Waals surface area contributed by atoms with Crippen molar-refractivity contribution in [2.24, 2.45) is 0 Å². The number of halogens is 1. The highest BCUT2D eigenvalue weighted by molar-refractivity contribution is 7.51. The molecule has 0 radical (unpaired) electrons. The van der Waals surface area contributed by atoms with Gasteiger partial charge in [-0.2, -0.15) is 4.39 Å². The van der Waals surface area contributed by atoms with Gasteiger partial charge in [-0.25, -0.2) is 14.4 Å². The van der Waals surface area contributed by atoms with Gasteiger partial charge in [0.2, 0.25) is 5.82 Å². The Balaban J connectivity index is 1.34. The minimum atomic E-state index is -3.81. The molecule has 0 amide bonds. The summed E-state index contributed by atoms with van der Waals surface area (Å²) in [7, 11) is -6.63. The summed E-state index contributed by atoms with van der Waals surface area (Å²) in [5.41, 5.74) is -1.80. The first kappa shape index (κ1) is 29.7. The second-order valence-electron chi connectivity index (χ2n) is 9.66. The molecule has 216 valence electrons. The normalized spacial score (nSPS) is 27.7. The Kier molecular flexibility index (Phi) is 10.5. The quantitative estimate of drug-likeness (QED) is 0.218. The second-order valence-corrected chi connectivity index (χ2v) is 14.2. The topological polar surface area (TPSA) is 132 Å². The third-order valence-electron chi connectivity index (χ3n) is 6.45. The number of fused-ring (bicyclic) bond motifs is 6. The first-order valence-corrected chi connectivity index (χ1v) is 16.6. The minimum Gasteiger partial charge on any atom is -0.372 e. The lowest BCUT2D eigenvalue weighted by molar-refractivity contribution is -0.00850. The van der Waals surface area contributed by atoms with E-state index in [0.717, 1.165) is 41.4 Å². The largest absolute Gasteiger partial charge is 0.501 e.